The third-order valence-electron chi connectivity index (χ3n) is 10.9. The summed E-state index contributed by atoms with van der Waals surface area (Å²) in [5.41, 5.74) is 4.19. The van der Waals surface area contributed by atoms with Crippen LogP contribution in [0.2, 0.25) is 0 Å². The molecule has 0 fully saturated rings. The van der Waals surface area contributed by atoms with E-state index in [2.05, 4.69) is 0 Å². The zero-order valence-electron chi connectivity index (χ0n) is 38.7. The van der Waals surface area contributed by atoms with Crippen LogP contribution in [-0.2, 0) is 28.7 Å². The summed E-state index contributed by atoms with van der Waals surface area (Å²) in [7, 11) is 2.57. The number of esters is 6. The van der Waals surface area contributed by atoms with Crippen LogP contribution in [0.3, 0.4) is 0 Å². The van der Waals surface area contributed by atoms with Gasteiger partial charge in [-0.2, -0.15) is 0 Å². The number of hydrogen-bond donors (Lipinski definition) is 0. The first kappa shape index (κ1) is 48.5. The van der Waals surface area contributed by atoms with E-state index in [1.54, 1.807) is 182 Å². The van der Waals surface area contributed by atoms with Crippen LogP contribution in [0.5, 0.6) is 23.0 Å². The first-order chi connectivity index (χ1) is 35.0. The Kier molecular flexibility index (Phi) is 15.4. The lowest BCUT2D eigenvalue weighted by Crippen LogP contribution is -2.08. The van der Waals surface area contributed by atoms with Crippen LogP contribution in [-0.4, -0.2) is 50.0 Å². The van der Waals surface area contributed by atoms with Crippen molar-refractivity contribution in [1.82, 2.24) is 0 Å². The largest absolute Gasteiger partial charge is 0.466 e. The van der Waals surface area contributed by atoms with Crippen molar-refractivity contribution in [3.05, 3.63) is 228 Å². The van der Waals surface area contributed by atoms with Crippen LogP contribution >= 0.6 is 0 Å². The SMILES string of the molecule is COC(=O)/C=C/c1ccc2c(-c3c(OC(=O)/C=C/c4ccc(OC(=O)c5ccccc5)cc4)ccc4cc(/C=C/C(=O)OC)ccc34)c(OC(=O)/C=C/c3ccc(OC(=O)c4ccccc4)cc3)ccc2c1. The average molecular weight is 955 g/mol. The van der Waals surface area contributed by atoms with Gasteiger partial charge in [0.25, 0.3) is 0 Å². The Morgan fingerprint density at radius 1 is 0.347 bits per heavy atom. The van der Waals surface area contributed by atoms with Crippen LogP contribution in [0, 0.1) is 0 Å². The van der Waals surface area contributed by atoms with E-state index < -0.39 is 35.8 Å². The number of methoxy groups -OCH3 is 2. The van der Waals surface area contributed by atoms with Gasteiger partial charge in [0.1, 0.15) is 23.0 Å². The fraction of sp³-hybridized carbons (Fsp3) is 0.0333. The molecule has 0 aliphatic rings. The number of carbonyl (C=O) groups is 6. The van der Waals surface area contributed by atoms with E-state index in [1.807, 2.05) is 12.1 Å². The fourth-order valence-corrected chi connectivity index (χ4v) is 7.40. The van der Waals surface area contributed by atoms with E-state index in [4.69, 9.17) is 28.4 Å². The lowest BCUT2D eigenvalue weighted by molar-refractivity contribution is -0.135. The second-order valence-corrected chi connectivity index (χ2v) is 15.7. The number of fused-ring (bicyclic) bond motifs is 2. The van der Waals surface area contributed by atoms with Gasteiger partial charge in [-0.15, -0.1) is 0 Å². The highest BCUT2D eigenvalue weighted by molar-refractivity contribution is 6.12. The Bertz CT molecular complexity index is 3230. The Hall–Kier alpha value is -9.94. The van der Waals surface area contributed by atoms with Crippen molar-refractivity contribution in [2.75, 3.05) is 14.2 Å². The molecule has 0 radical (unpaired) electrons. The molecule has 12 nitrogen and oxygen atoms in total. The van der Waals surface area contributed by atoms with Crippen molar-refractivity contribution >= 4 is 81.7 Å². The summed E-state index contributed by atoms with van der Waals surface area (Å²) < 4.78 is 32.8. The number of benzene rings is 8. The first-order valence-electron chi connectivity index (χ1n) is 22.2. The molecular weight excluding hydrogens is 913 g/mol. The molecule has 8 aromatic rings. The molecule has 72 heavy (non-hydrogen) atoms. The van der Waals surface area contributed by atoms with Crippen LogP contribution in [0.1, 0.15) is 43.0 Å². The zero-order valence-corrected chi connectivity index (χ0v) is 38.7. The minimum absolute atomic E-state index is 0.126. The molecule has 0 aliphatic heterocycles. The average Bonchev–Trinajstić information content (AvgIpc) is 3.41. The van der Waals surface area contributed by atoms with Gasteiger partial charge in [-0.05, 0) is 141 Å². The Balaban J connectivity index is 1.14. The molecule has 0 saturated heterocycles. The Labute approximate surface area is 413 Å². The van der Waals surface area contributed by atoms with E-state index in [9.17, 15) is 28.8 Å². The lowest BCUT2D eigenvalue weighted by Gasteiger charge is -2.18. The molecule has 0 N–H and O–H groups in total. The molecule has 0 bridgehead atoms. The monoisotopic (exact) mass is 954 g/mol. The maximum absolute atomic E-state index is 13.8. The highest BCUT2D eigenvalue weighted by Crippen LogP contribution is 2.46. The summed E-state index contributed by atoms with van der Waals surface area (Å²) in [6.07, 6.45) is 11.4. The van der Waals surface area contributed by atoms with E-state index >= 15 is 0 Å². The van der Waals surface area contributed by atoms with Gasteiger partial charge in [-0.25, -0.2) is 28.8 Å². The minimum Gasteiger partial charge on any atom is -0.466 e. The molecule has 0 atom stereocenters. The van der Waals surface area contributed by atoms with Crippen LogP contribution in [0.25, 0.3) is 57.0 Å². The summed E-state index contributed by atoms with van der Waals surface area (Å²) >= 11 is 0. The Morgan fingerprint density at radius 3 is 1.07 bits per heavy atom. The van der Waals surface area contributed by atoms with E-state index in [0.717, 1.165) is 0 Å². The van der Waals surface area contributed by atoms with Crippen LogP contribution in [0.15, 0.2) is 194 Å². The molecule has 0 amide bonds. The summed E-state index contributed by atoms with van der Waals surface area (Å²) in [6.45, 7) is 0. The first-order valence-corrected chi connectivity index (χ1v) is 22.2. The standard InChI is InChI=1S/C60H42O12/c1-67-53(61)33-21-41-17-29-49-45(37-41)23-31-51(71-55(63)35-19-39-13-25-47(26-14-39)69-59(65)43-9-5-3-6-10-43)57(49)58-50-30-18-42(22-34-54(62)68-2)38-46(50)24-32-52(58)72-56(64)36-20-40-15-27-48(28-16-40)70-60(66)44-11-7-4-8-12-44/h3-38H,1-2H3/b33-21+,34-22+,35-19+,36-20+. The van der Waals surface area contributed by atoms with Gasteiger partial charge in [0.2, 0.25) is 0 Å². The summed E-state index contributed by atoms with van der Waals surface area (Å²) in [6, 6.07) is 48.0. The minimum atomic E-state index is -0.731. The summed E-state index contributed by atoms with van der Waals surface area (Å²) in [4.78, 5) is 76.7. The maximum Gasteiger partial charge on any atom is 0.343 e. The number of ether oxygens (including phenoxy) is 6. The molecule has 8 rings (SSSR count). The quantitative estimate of drug-likeness (QED) is 0.0545. The highest BCUT2D eigenvalue weighted by Gasteiger charge is 2.22. The van der Waals surface area contributed by atoms with Gasteiger partial charge in [0, 0.05) is 35.4 Å². The van der Waals surface area contributed by atoms with E-state index in [-0.39, 0.29) is 11.5 Å². The lowest BCUT2D eigenvalue weighted by atomic mass is 9.91. The topological polar surface area (TPSA) is 158 Å². The van der Waals surface area contributed by atoms with Crippen molar-refractivity contribution < 1.29 is 57.2 Å². The molecule has 0 aliphatic carbocycles. The Morgan fingerprint density at radius 2 is 0.694 bits per heavy atom. The second-order valence-electron chi connectivity index (χ2n) is 15.7. The number of carbonyl (C=O) groups excluding carboxylic acids is 6. The fourth-order valence-electron chi connectivity index (χ4n) is 7.40. The molecule has 12 heteroatoms. The van der Waals surface area contributed by atoms with Gasteiger partial charge < -0.3 is 28.4 Å². The summed E-state index contributed by atoms with van der Waals surface area (Å²) in [5, 5.41) is 2.57. The van der Waals surface area contributed by atoms with Gasteiger partial charge in [-0.3, -0.25) is 0 Å². The van der Waals surface area contributed by atoms with Gasteiger partial charge in [-0.1, -0.05) is 97.1 Å². The predicted octanol–water partition coefficient (Wildman–Crippen LogP) is 11.7. The molecule has 0 saturated carbocycles. The number of hydrogen-bond acceptors (Lipinski definition) is 12. The van der Waals surface area contributed by atoms with Crippen molar-refractivity contribution in [2.24, 2.45) is 0 Å². The normalized spacial score (nSPS) is 11.3. The van der Waals surface area contributed by atoms with Crippen molar-refractivity contribution in [1.29, 1.82) is 0 Å². The number of rotatable bonds is 15. The predicted molar refractivity (Wildman–Crippen MR) is 274 cm³/mol. The van der Waals surface area contributed by atoms with E-state index in [0.29, 0.717) is 77.6 Å². The molecule has 0 spiro atoms. The highest BCUT2D eigenvalue weighted by atomic mass is 16.6. The van der Waals surface area contributed by atoms with Crippen molar-refractivity contribution in [2.45, 2.75) is 0 Å². The molecular formula is C60H42O12. The maximum atomic E-state index is 13.8. The zero-order chi connectivity index (χ0) is 50.4. The molecule has 0 heterocycles. The van der Waals surface area contributed by atoms with Crippen LogP contribution < -0.4 is 18.9 Å². The second kappa shape index (κ2) is 22.9. The van der Waals surface area contributed by atoms with Crippen molar-refractivity contribution in [3.8, 4) is 34.1 Å². The third-order valence-corrected chi connectivity index (χ3v) is 10.9. The smallest absolute Gasteiger partial charge is 0.343 e. The van der Waals surface area contributed by atoms with Crippen LogP contribution in [0.4, 0.5) is 0 Å². The van der Waals surface area contributed by atoms with Gasteiger partial charge >= 0.3 is 35.8 Å². The van der Waals surface area contributed by atoms with E-state index in [1.165, 1.54) is 38.5 Å². The molecule has 8 aromatic carbocycles. The van der Waals surface area contributed by atoms with Crippen molar-refractivity contribution in [3.63, 3.8) is 0 Å². The summed E-state index contributed by atoms with van der Waals surface area (Å²) in [5.74, 6) is -2.66. The molecule has 0 unspecified atom stereocenters. The molecule has 354 valence electrons. The molecule has 0 aromatic heterocycles. The van der Waals surface area contributed by atoms with Gasteiger partial charge in [0.15, 0.2) is 0 Å². The van der Waals surface area contributed by atoms with Gasteiger partial charge in [0.05, 0.1) is 25.3 Å². The third kappa shape index (κ3) is 12.4.